The van der Waals surface area contributed by atoms with Crippen LogP contribution in [0.3, 0.4) is 0 Å². The van der Waals surface area contributed by atoms with E-state index in [1.807, 2.05) is 6.33 Å². The molecule has 21 heavy (non-hydrogen) atoms. The van der Waals surface area contributed by atoms with Gasteiger partial charge in [0.25, 0.3) is 0 Å². The zero-order valence-corrected chi connectivity index (χ0v) is 12.5. The molecule has 0 atom stereocenters. The number of fused-ring (bicyclic) bond motifs is 1. The molecule has 0 aromatic carbocycles. The van der Waals surface area contributed by atoms with Gasteiger partial charge >= 0.3 is 6.01 Å². The van der Waals surface area contributed by atoms with Crippen LogP contribution in [0.5, 0.6) is 6.01 Å². The number of halogens is 1. The zero-order valence-electron chi connectivity index (χ0n) is 11.8. The summed E-state index contributed by atoms with van der Waals surface area (Å²) in [5.74, 6) is 0.718. The molecule has 2 aromatic rings. The topological polar surface area (TPSA) is 56.1 Å². The SMILES string of the molecule is COc1ncc(Cl)c(N2CCc3c(ncn3C3CC3)C2)n1. The fourth-order valence-electron chi connectivity index (χ4n) is 2.84. The molecular weight excluding hydrogens is 290 g/mol. The largest absolute Gasteiger partial charge is 0.467 e. The van der Waals surface area contributed by atoms with Gasteiger partial charge in [0.05, 0.1) is 31.9 Å². The first-order chi connectivity index (χ1) is 10.3. The summed E-state index contributed by atoms with van der Waals surface area (Å²) in [6.45, 7) is 1.61. The van der Waals surface area contributed by atoms with Gasteiger partial charge in [-0.05, 0) is 12.8 Å². The number of hydrogen-bond donors (Lipinski definition) is 0. The first kappa shape index (κ1) is 12.9. The van der Waals surface area contributed by atoms with E-state index in [1.165, 1.54) is 18.5 Å². The Morgan fingerprint density at radius 2 is 2.19 bits per heavy atom. The van der Waals surface area contributed by atoms with E-state index in [0.29, 0.717) is 17.1 Å². The molecule has 7 heteroatoms. The van der Waals surface area contributed by atoms with Crippen molar-refractivity contribution in [3.63, 3.8) is 0 Å². The Morgan fingerprint density at radius 3 is 2.95 bits per heavy atom. The van der Waals surface area contributed by atoms with Gasteiger partial charge in [0.15, 0.2) is 5.82 Å². The smallest absolute Gasteiger partial charge is 0.318 e. The summed E-state index contributed by atoms with van der Waals surface area (Å²) in [4.78, 5) is 15.1. The van der Waals surface area contributed by atoms with Gasteiger partial charge in [-0.3, -0.25) is 0 Å². The molecule has 6 nitrogen and oxygen atoms in total. The van der Waals surface area contributed by atoms with Crippen molar-refractivity contribution in [2.75, 3.05) is 18.6 Å². The Labute approximate surface area is 127 Å². The Kier molecular flexibility index (Phi) is 2.99. The van der Waals surface area contributed by atoms with Gasteiger partial charge in [0.2, 0.25) is 0 Å². The summed E-state index contributed by atoms with van der Waals surface area (Å²) < 4.78 is 7.43. The Morgan fingerprint density at radius 1 is 1.33 bits per heavy atom. The molecule has 0 unspecified atom stereocenters. The van der Waals surface area contributed by atoms with Crippen molar-refractivity contribution in [3.05, 3.63) is 28.9 Å². The highest BCUT2D eigenvalue weighted by Crippen LogP contribution is 2.38. The van der Waals surface area contributed by atoms with Gasteiger partial charge < -0.3 is 14.2 Å². The normalized spacial score (nSPS) is 17.7. The third kappa shape index (κ3) is 2.23. The second-order valence-electron chi connectivity index (χ2n) is 5.48. The van der Waals surface area contributed by atoms with Crippen LogP contribution in [0.2, 0.25) is 5.02 Å². The number of nitrogens with zero attached hydrogens (tertiary/aromatic N) is 5. The molecule has 110 valence electrons. The van der Waals surface area contributed by atoms with E-state index in [2.05, 4.69) is 24.4 Å². The fourth-order valence-corrected chi connectivity index (χ4v) is 3.05. The van der Waals surface area contributed by atoms with Crippen molar-refractivity contribution >= 4 is 17.4 Å². The molecule has 0 radical (unpaired) electrons. The van der Waals surface area contributed by atoms with Crippen molar-refractivity contribution < 1.29 is 4.74 Å². The van der Waals surface area contributed by atoms with Crippen LogP contribution in [0, 0.1) is 0 Å². The second-order valence-corrected chi connectivity index (χ2v) is 5.88. The van der Waals surface area contributed by atoms with Gasteiger partial charge in [-0.2, -0.15) is 4.98 Å². The fraction of sp³-hybridized carbons (Fsp3) is 0.500. The Hall–Kier alpha value is -1.82. The lowest BCUT2D eigenvalue weighted by Crippen LogP contribution is -2.32. The van der Waals surface area contributed by atoms with E-state index in [1.54, 1.807) is 13.3 Å². The molecular formula is C14H16ClN5O. The highest BCUT2D eigenvalue weighted by atomic mass is 35.5. The monoisotopic (exact) mass is 305 g/mol. The minimum atomic E-state index is 0.337. The molecule has 2 aromatic heterocycles. The van der Waals surface area contributed by atoms with Crippen LogP contribution in [0.4, 0.5) is 5.82 Å². The third-order valence-electron chi connectivity index (χ3n) is 4.07. The van der Waals surface area contributed by atoms with Crippen molar-refractivity contribution in [3.8, 4) is 6.01 Å². The summed E-state index contributed by atoms with van der Waals surface area (Å²) in [6.07, 6.45) is 7.09. The molecule has 1 aliphatic heterocycles. The van der Waals surface area contributed by atoms with E-state index >= 15 is 0 Å². The number of imidazole rings is 1. The number of methoxy groups -OCH3 is 1. The first-order valence-electron chi connectivity index (χ1n) is 7.12. The maximum atomic E-state index is 6.23. The molecule has 1 fully saturated rings. The van der Waals surface area contributed by atoms with Crippen LogP contribution in [-0.2, 0) is 13.0 Å². The zero-order chi connectivity index (χ0) is 14.4. The van der Waals surface area contributed by atoms with Gasteiger partial charge in [-0.15, -0.1) is 0 Å². The van der Waals surface area contributed by atoms with Crippen molar-refractivity contribution in [2.24, 2.45) is 0 Å². The number of rotatable bonds is 3. The number of anilines is 1. The molecule has 3 heterocycles. The molecule has 4 rings (SSSR count). The lowest BCUT2D eigenvalue weighted by atomic mass is 10.1. The number of ether oxygens (including phenoxy) is 1. The first-order valence-corrected chi connectivity index (χ1v) is 7.50. The van der Waals surface area contributed by atoms with Crippen LogP contribution in [0.1, 0.15) is 30.3 Å². The molecule has 0 bridgehead atoms. The molecule has 0 amide bonds. The maximum absolute atomic E-state index is 6.23. The predicted molar refractivity (Wildman–Crippen MR) is 78.8 cm³/mol. The van der Waals surface area contributed by atoms with Crippen LogP contribution in [0.25, 0.3) is 0 Å². The van der Waals surface area contributed by atoms with E-state index < -0.39 is 0 Å². The summed E-state index contributed by atoms with van der Waals surface area (Å²) in [7, 11) is 1.55. The van der Waals surface area contributed by atoms with Crippen LogP contribution >= 0.6 is 11.6 Å². The van der Waals surface area contributed by atoms with Crippen molar-refractivity contribution in [2.45, 2.75) is 31.8 Å². The average Bonchev–Trinajstić information content (AvgIpc) is 3.27. The molecule has 0 N–H and O–H groups in total. The summed E-state index contributed by atoms with van der Waals surface area (Å²) in [5.41, 5.74) is 2.49. The average molecular weight is 306 g/mol. The Balaban J connectivity index is 1.63. The highest BCUT2D eigenvalue weighted by molar-refractivity contribution is 6.32. The number of aromatic nitrogens is 4. The van der Waals surface area contributed by atoms with Crippen molar-refractivity contribution in [1.82, 2.24) is 19.5 Å². The molecule has 1 aliphatic carbocycles. The summed E-state index contributed by atoms with van der Waals surface area (Å²) in [5, 5.41) is 0.542. The minimum absolute atomic E-state index is 0.337. The summed E-state index contributed by atoms with van der Waals surface area (Å²) in [6, 6.07) is 1.01. The lowest BCUT2D eigenvalue weighted by Gasteiger charge is -2.28. The summed E-state index contributed by atoms with van der Waals surface area (Å²) >= 11 is 6.23. The van der Waals surface area contributed by atoms with Gasteiger partial charge in [0.1, 0.15) is 5.02 Å². The lowest BCUT2D eigenvalue weighted by molar-refractivity contribution is 0.379. The minimum Gasteiger partial charge on any atom is -0.467 e. The Bertz CT molecular complexity index is 682. The highest BCUT2D eigenvalue weighted by Gasteiger charge is 2.30. The van der Waals surface area contributed by atoms with E-state index in [4.69, 9.17) is 16.3 Å². The van der Waals surface area contributed by atoms with Crippen LogP contribution in [-0.4, -0.2) is 33.2 Å². The van der Waals surface area contributed by atoms with Gasteiger partial charge in [-0.1, -0.05) is 11.6 Å². The van der Waals surface area contributed by atoms with Crippen LogP contribution < -0.4 is 9.64 Å². The molecule has 2 aliphatic rings. The maximum Gasteiger partial charge on any atom is 0.318 e. The second kappa shape index (κ2) is 4.87. The molecule has 1 saturated carbocycles. The molecule has 0 saturated heterocycles. The van der Waals surface area contributed by atoms with E-state index in [-0.39, 0.29) is 0 Å². The van der Waals surface area contributed by atoms with Crippen LogP contribution in [0.15, 0.2) is 12.5 Å². The standard InChI is InChI=1S/C14H16ClN5O/c1-21-14-16-6-10(15)13(18-14)19-5-4-12-11(7-19)17-8-20(12)9-2-3-9/h6,8-9H,2-5,7H2,1H3. The quantitative estimate of drug-likeness (QED) is 0.870. The van der Waals surface area contributed by atoms with Gasteiger partial charge in [-0.25, -0.2) is 9.97 Å². The third-order valence-corrected chi connectivity index (χ3v) is 4.33. The number of hydrogen-bond acceptors (Lipinski definition) is 5. The molecule has 0 spiro atoms. The van der Waals surface area contributed by atoms with E-state index in [9.17, 15) is 0 Å². The van der Waals surface area contributed by atoms with E-state index in [0.717, 1.165) is 31.0 Å². The predicted octanol–water partition coefficient (Wildman–Crippen LogP) is 2.23. The van der Waals surface area contributed by atoms with Gasteiger partial charge in [0, 0.05) is 24.7 Å². The van der Waals surface area contributed by atoms with Crippen molar-refractivity contribution in [1.29, 1.82) is 0 Å².